The molecular formula is C27H24F3N9. The Hall–Kier alpha value is -4.74. The minimum atomic E-state index is -0.966. The lowest BCUT2D eigenvalue weighted by Gasteiger charge is -2.44. The average Bonchev–Trinajstić information content (AvgIpc) is 3.30. The summed E-state index contributed by atoms with van der Waals surface area (Å²) < 4.78 is 44.1. The fourth-order valence-electron chi connectivity index (χ4n) is 5.22. The van der Waals surface area contributed by atoms with E-state index >= 15 is 0 Å². The molecule has 0 aliphatic carbocycles. The number of pyridine rings is 1. The van der Waals surface area contributed by atoms with E-state index in [1.807, 2.05) is 10.6 Å². The van der Waals surface area contributed by atoms with Crippen molar-refractivity contribution < 1.29 is 13.2 Å². The number of halogens is 3. The molecule has 2 aliphatic rings. The van der Waals surface area contributed by atoms with Crippen LogP contribution in [-0.2, 0) is 6.54 Å². The third-order valence-electron chi connectivity index (χ3n) is 7.20. The maximum Gasteiger partial charge on any atom is 0.165 e. The Bertz CT molecular complexity index is 1660. The third kappa shape index (κ3) is 4.37. The smallest absolute Gasteiger partial charge is 0.165 e. The highest BCUT2D eigenvalue weighted by Gasteiger charge is 2.41. The SMILES string of the molecule is N=C1C(F)=CC=CN[C@@]12CCCN(c1cnc(-c3ccc(F)c(F)c3)cc1Cn1cnc3c(N)ncnc31)C2. The van der Waals surface area contributed by atoms with E-state index in [2.05, 4.69) is 30.2 Å². The van der Waals surface area contributed by atoms with Gasteiger partial charge in [0.2, 0.25) is 0 Å². The number of benzene rings is 1. The molecule has 39 heavy (non-hydrogen) atoms. The number of nitrogens with two attached hydrogens (primary N) is 1. The van der Waals surface area contributed by atoms with Crippen LogP contribution in [0.4, 0.5) is 24.7 Å². The first-order chi connectivity index (χ1) is 18.8. The van der Waals surface area contributed by atoms with Crippen molar-refractivity contribution in [1.82, 2.24) is 29.8 Å². The Morgan fingerprint density at radius 3 is 2.79 bits per heavy atom. The molecule has 0 radical (unpaired) electrons. The van der Waals surface area contributed by atoms with Crippen LogP contribution in [0, 0.1) is 17.0 Å². The van der Waals surface area contributed by atoms with Gasteiger partial charge in [0.1, 0.15) is 17.7 Å². The highest BCUT2D eigenvalue weighted by molar-refractivity contribution is 6.04. The number of hydrogen-bond acceptors (Lipinski definition) is 8. The van der Waals surface area contributed by atoms with E-state index in [9.17, 15) is 13.2 Å². The normalized spacial score (nSPS) is 19.3. The molecule has 1 atom stereocenters. The molecular weight excluding hydrogens is 507 g/mol. The first-order valence-electron chi connectivity index (χ1n) is 12.3. The Morgan fingerprint density at radius 1 is 1.08 bits per heavy atom. The minimum absolute atomic E-state index is 0.0992. The van der Waals surface area contributed by atoms with Crippen molar-refractivity contribution in [1.29, 1.82) is 5.41 Å². The van der Waals surface area contributed by atoms with Gasteiger partial charge in [-0.1, -0.05) is 0 Å². The van der Waals surface area contributed by atoms with Gasteiger partial charge in [-0.05, 0) is 61.0 Å². The zero-order valence-corrected chi connectivity index (χ0v) is 20.7. The van der Waals surface area contributed by atoms with Gasteiger partial charge in [-0.15, -0.1) is 0 Å². The number of rotatable bonds is 4. The van der Waals surface area contributed by atoms with Crippen LogP contribution in [0.5, 0.6) is 0 Å². The van der Waals surface area contributed by atoms with Gasteiger partial charge >= 0.3 is 0 Å². The molecule has 0 unspecified atom stereocenters. The first kappa shape index (κ1) is 24.6. The molecule has 1 saturated heterocycles. The second-order valence-electron chi connectivity index (χ2n) is 9.63. The zero-order valence-electron chi connectivity index (χ0n) is 20.7. The van der Waals surface area contributed by atoms with Gasteiger partial charge in [-0.2, -0.15) is 0 Å². The van der Waals surface area contributed by atoms with Crippen LogP contribution in [0.3, 0.4) is 0 Å². The number of hydrogen-bond donors (Lipinski definition) is 3. The summed E-state index contributed by atoms with van der Waals surface area (Å²) in [5, 5.41) is 11.8. The summed E-state index contributed by atoms with van der Waals surface area (Å²) >= 11 is 0. The number of nitrogen functional groups attached to an aromatic ring is 1. The van der Waals surface area contributed by atoms with Crippen LogP contribution >= 0.6 is 0 Å². The van der Waals surface area contributed by atoms with Crippen LogP contribution < -0.4 is 16.0 Å². The summed E-state index contributed by atoms with van der Waals surface area (Å²) in [5.74, 6) is -2.22. The Kier molecular flexibility index (Phi) is 6.01. The Morgan fingerprint density at radius 2 is 1.95 bits per heavy atom. The molecule has 1 spiro atoms. The first-order valence-corrected chi connectivity index (χ1v) is 12.3. The fraction of sp³-hybridized carbons (Fsp3) is 0.222. The highest BCUT2D eigenvalue weighted by atomic mass is 19.2. The maximum atomic E-state index is 14.6. The molecule has 0 amide bonds. The lowest BCUT2D eigenvalue weighted by atomic mass is 9.83. The van der Waals surface area contributed by atoms with Crippen molar-refractivity contribution in [3.63, 3.8) is 0 Å². The summed E-state index contributed by atoms with van der Waals surface area (Å²) in [5.41, 5.74) is 8.40. The zero-order chi connectivity index (χ0) is 27.1. The minimum Gasteiger partial charge on any atom is -0.382 e. The molecule has 0 saturated carbocycles. The summed E-state index contributed by atoms with van der Waals surface area (Å²) in [6.45, 7) is 1.30. The second kappa shape index (κ2) is 9.53. The van der Waals surface area contributed by atoms with E-state index in [4.69, 9.17) is 11.1 Å². The van der Waals surface area contributed by atoms with E-state index in [1.54, 1.807) is 24.8 Å². The van der Waals surface area contributed by atoms with Crippen molar-refractivity contribution in [3.05, 3.63) is 84.5 Å². The van der Waals surface area contributed by atoms with Crippen molar-refractivity contribution in [2.24, 2.45) is 0 Å². The van der Waals surface area contributed by atoms with Crippen LogP contribution in [0.25, 0.3) is 22.4 Å². The average molecular weight is 532 g/mol. The Balaban J connectivity index is 1.43. The molecule has 0 bridgehead atoms. The van der Waals surface area contributed by atoms with Crippen molar-refractivity contribution in [3.8, 4) is 11.3 Å². The topological polar surface area (TPSA) is 122 Å². The molecule has 6 rings (SSSR count). The predicted molar refractivity (Wildman–Crippen MR) is 142 cm³/mol. The van der Waals surface area contributed by atoms with Gasteiger partial charge in [0, 0.05) is 18.7 Å². The van der Waals surface area contributed by atoms with Crippen molar-refractivity contribution in [2.45, 2.75) is 24.9 Å². The largest absolute Gasteiger partial charge is 0.382 e. The lowest BCUT2D eigenvalue weighted by molar-refractivity contribution is 0.387. The van der Waals surface area contributed by atoms with Crippen LogP contribution in [-0.4, -0.2) is 48.8 Å². The second-order valence-corrected chi connectivity index (χ2v) is 9.63. The molecule has 3 aromatic heterocycles. The number of aromatic nitrogens is 5. The van der Waals surface area contributed by atoms with Gasteiger partial charge < -0.3 is 20.5 Å². The quantitative estimate of drug-likeness (QED) is 0.362. The van der Waals surface area contributed by atoms with E-state index in [1.165, 1.54) is 18.5 Å². The van der Waals surface area contributed by atoms with Gasteiger partial charge in [0.25, 0.3) is 0 Å². The number of piperidine rings is 1. The van der Waals surface area contributed by atoms with E-state index in [-0.39, 0.29) is 11.5 Å². The highest BCUT2D eigenvalue weighted by Crippen LogP contribution is 2.34. The third-order valence-corrected chi connectivity index (χ3v) is 7.20. The molecule has 9 nitrogen and oxygen atoms in total. The summed E-state index contributed by atoms with van der Waals surface area (Å²) in [6, 6.07) is 5.46. The van der Waals surface area contributed by atoms with E-state index < -0.39 is 23.0 Å². The fourth-order valence-corrected chi connectivity index (χ4v) is 5.22. The summed E-state index contributed by atoms with van der Waals surface area (Å²) in [4.78, 5) is 19.3. The van der Waals surface area contributed by atoms with Crippen LogP contribution in [0.15, 0.2) is 67.3 Å². The van der Waals surface area contributed by atoms with Crippen molar-refractivity contribution in [2.75, 3.05) is 23.7 Å². The Labute approximate surface area is 221 Å². The molecule has 1 fully saturated rings. The maximum absolute atomic E-state index is 14.6. The standard InChI is InChI=1S/C27H24F3N9/c28-18-5-4-16(9-20(18)30)21-10-17(12-39-15-36-23-25(32)34-14-35-26(23)39)22(11-33-21)38-8-2-6-27(13-38)24(31)19(29)3-1-7-37-27/h1,3-5,7,9-11,14-15,31,37H,2,6,8,12-13H2,(H2,32,34,35)/t27-/m1/s1. The van der Waals surface area contributed by atoms with Crippen LogP contribution in [0.2, 0.25) is 0 Å². The van der Waals surface area contributed by atoms with E-state index in [0.29, 0.717) is 54.9 Å². The van der Waals surface area contributed by atoms with E-state index in [0.717, 1.165) is 23.4 Å². The number of imidazole rings is 1. The number of nitrogens with zero attached hydrogens (tertiary/aromatic N) is 6. The van der Waals surface area contributed by atoms with Gasteiger partial charge in [0.05, 0.1) is 41.7 Å². The molecule has 1 aromatic carbocycles. The number of allylic oxidation sites excluding steroid dienone is 2. The summed E-state index contributed by atoms with van der Waals surface area (Å²) in [7, 11) is 0. The predicted octanol–water partition coefficient (Wildman–Crippen LogP) is 4.13. The van der Waals surface area contributed by atoms with Gasteiger partial charge in [-0.25, -0.2) is 28.1 Å². The molecule has 5 heterocycles. The number of fused-ring (bicyclic) bond motifs is 1. The molecule has 198 valence electrons. The van der Waals surface area contributed by atoms with Gasteiger partial charge in [0.15, 0.2) is 23.1 Å². The molecule has 2 aliphatic heterocycles. The lowest BCUT2D eigenvalue weighted by Crippen LogP contribution is -2.60. The molecule has 12 heteroatoms. The van der Waals surface area contributed by atoms with Gasteiger partial charge in [-0.3, -0.25) is 10.4 Å². The summed E-state index contributed by atoms with van der Waals surface area (Å²) in [6.07, 6.45) is 10.5. The molecule has 4 N–H and O–H groups in total. The number of anilines is 2. The van der Waals surface area contributed by atoms with Crippen LogP contribution in [0.1, 0.15) is 18.4 Å². The monoisotopic (exact) mass is 531 g/mol. The molecule has 4 aromatic rings. The van der Waals surface area contributed by atoms with Crippen molar-refractivity contribution >= 4 is 28.4 Å². The number of nitrogens with one attached hydrogen (secondary N) is 2.